The van der Waals surface area contributed by atoms with Crippen LogP contribution < -0.4 is 10.1 Å². The van der Waals surface area contributed by atoms with E-state index >= 15 is 0 Å². The third kappa shape index (κ3) is 2.85. The predicted octanol–water partition coefficient (Wildman–Crippen LogP) is 4.41. The van der Waals surface area contributed by atoms with Crippen LogP contribution >= 0.6 is 15.9 Å². The van der Waals surface area contributed by atoms with Crippen molar-refractivity contribution in [2.75, 3.05) is 11.9 Å². The fourth-order valence-corrected chi connectivity index (χ4v) is 2.88. The van der Waals surface area contributed by atoms with E-state index in [0.717, 1.165) is 39.9 Å². The van der Waals surface area contributed by atoms with Crippen molar-refractivity contribution in [3.8, 4) is 5.75 Å². The van der Waals surface area contributed by atoms with Crippen LogP contribution in [0.15, 0.2) is 28.7 Å². The Bertz CT molecular complexity index is 683. The van der Waals surface area contributed by atoms with E-state index < -0.39 is 17.5 Å². The molecule has 0 aromatic heterocycles. The summed E-state index contributed by atoms with van der Waals surface area (Å²) in [6, 6.07) is 5.73. The van der Waals surface area contributed by atoms with Crippen molar-refractivity contribution in [2.45, 2.75) is 13.0 Å². The molecule has 2 nitrogen and oxygen atoms in total. The quantitative estimate of drug-likeness (QED) is 0.821. The molecular weight excluding hydrogens is 347 g/mol. The first-order valence-corrected chi connectivity index (χ1v) is 7.16. The number of ether oxygens (including phenoxy) is 1. The van der Waals surface area contributed by atoms with Crippen LogP contribution in [0, 0.1) is 17.5 Å². The third-order valence-electron chi connectivity index (χ3n) is 3.29. The molecular formula is C15H11BrF3NO. The summed E-state index contributed by atoms with van der Waals surface area (Å²) in [7, 11) is 0. The highest BCUT2D eigenvalue weighted by Gasteiger charge is 2.17. The maximum atomic E-state index is 13.2. The zero-order valence-electron chi connectivity index (χ0n) is 10.9. The van der Waals surface area contributed by atoms with E-state index in [1.54, 1.807) is 0 Å². The van der Waals surface area contributed by atoms with Gasteiger partial charge in [0.05, 0.1) is 6.61 Å². The molecule has 1 aliphatic heterocycles. The molecule has 0 radical (unpaired) electrons. The normalized spacial score (nSPS) is 13.0. The Morgan fingerprint density at radius 2 is 1.81 bits per heavy atom. The van der Waals surface area contributed by atoms with Crippen molar-refractivity contribution in [3.05, 3.63) is 57.3 Å². The van der Waals surface area contributed by atoms with Crippen molar-refractivity contribution in [1.29, 1.82) is 0 Å². The van der Waals surface area contributed by atoms with E-state index in [1.807, 2.05) is 12.1 Å². The Morgan fingerprint density at radius 1 is 1.10 bits per heavy atom. The lowest BCUT2D eigenvalue weighted by Gasteiger charge is -2.11. The highest BCUT2D eigenvalue weighted by molar-refractivity contribution is 9.10. The number of rotatable bonds is 3. The van der Waals surface area contributed by atoms with Gasteiger partial charge >= 0.3 is 0 Å². The average Bonchev–Trinajstić information content (AvgIpc) is 2.90. The van der Waals surface area contributed by atoms with Crippen LogP contribution in [0.2, 0.25) is 0 Å². The number of fused-ring (bicyclic) bond motifs is 1. The topological polar surface area (TPSA) is 21.3 Å². The molecule has 0 saturated carbocycles. The lowest BCUT2D eigenvalue weighted by Crippen LogP contribution is -2.03. The number of anilines is 1. The van der Waals surface area contributed by atoms with Crippen molar-refractivity contribution in [3.63, 3.8) is 0 Å². The van der Waals surface area contributed by atoms with E-state index in [1.165, 1.54) is 0 Å². The first-order valence-electron chi connectivity index (χ1n) is 6.37. The Labute approximate surface area is 128 Å². The Hall–Kier alpha value is -1.69. The minimum atomic E-state index is -1.47. The van der Waals surface area contributed by atoms with Crippen molar-refractivity contribution >= 4 is 21.6 Å². The Kier molecular flexibility index (Phi) is 3.80. The van der Waals surface area contributed by atoms with Gasteiger partial charge in [-0.25, -0.2) is 13.2 Å². The summed E-state index contributed by atoms with van der Waals surface area (Å²) in [4.78, 5) is 0. The van der Waals surface area contributed by atoms with E-state index in [-0.39, 0.29) is 5.69 Å². The van der Waals surface area contributed by atoms with Crippen molar-refractivity contribution in [2.24, 2.45) is 0 Å². The molecule has 2 aromatic rings. The molecule has 0 fully saturated rings. The van der Waals surface area contributed by atoms with Crippen LogP contribution in [0.25, 0.3) is 0 Å². The average molecular weight is 358 g/mol. The first-order chi connectivity index (χ1) is 10.0. The summed E-state index contributed by atoms with van der Waals surface area (Å²) in [5.41, 5.74) is 2.15. The molecule has 6 heteroatoms. The first kappa shape index (κ1) is 14.3. The predicted molar refractivity (Wildman–Crippen MR) is 77.0 cm³/mol. The van der Waals surface area contributed by atoms with E-state index in [4.69, 9.17) is 4.74 Å². The van der Waals surface area contributed by atoms with Gasteiger partial charge in [-0.2, -0.15) is 0 Å². The van der Waals surface area contributed by atoms with Crippen LogP contribution in [-0.4, -0.2) is 6.61 Å². The van der Waals surface area contributed by atoms with Crippen LogP contribution in [-0.2, 0) is 13.0 Å². The molecule has 21 heavy (non-hydrogen) atoms. The summed E-state index contributed by atoms with van der Waals surface area (Å²) < 4.78 is 45.7. The maximum Gasteiger partial charge on any atom is 0.194 e. The second-order valence-corrected chi connectivity index (χ2v) is 5.67. The second kappa shape index (κ2) is 5.60. The smallest absolute Gasteiger partial charge is 0.194 e. The van der Waals surface area contributed by atoms with Gasteiger partial charge in [0.2, 0.25) is 0 Å². The van der Waals surface area contributed by atoms with Gasteiger partial charge in [-0.15, -0.1) is 0 Å². The van der Waals surface area contributed by atoms with Crippen molar-refractivity contribution < 1.29 is 17.9 Å². The molecule has 110 valence electrons. The van der Waals surface area contributed by atoms with Crippen molar-refractivity contribution in [1.82, 2.24) is 0 Å². The summed E-state index contributed by atoms with van der Waals surface area (Å²) >= 11 is 3.42. The summed E-state index contributed by atoms with van der Waals surface area (Å²) in [6.45, 7) is 0.949. The number of benzene rings is 2. The molecule has 0 spiro atoms. The van der Waals surface area contributed by atoms with E-state index in [9.17, 15) is 13.2 Å². The van der Waals surface area contributed by atoms with Gasteiger partial charge in [-0.3, -0.25) is 0 Å². The highest BCUT2D eigenvalue weighted by Crippen LogP contribution is 2.33. The molecule has 2 aromatic carbocycles. The van der Waals surface area contributed by atoms with E-state index in [2.05, 4.69) is 21.2 Å². The molecule has 3 rings (SSSR count). The molecule has 0 unspecified atom stereocenters. The lowest BCUT2D eigenvalue weighted by atomic mass is 10.1. The van der Waals surface area contributed by atoms with Gasteiger partial charge in [0.25, 0.3) is 0 Å². The monoisotopic (exact) mass is 357 g/mol. The molecule has 0 aliphatic carbocycles. The minimum absolute atomic E-state index is 0.179. The van der Waals surface area contributed by atoms with E-state index in [0.29, 0.717) is 13.2 Å². The van der Waals surface area contributed by atoms with Gasteiger partial charge in [0.15, 0.2) is 17.5 Å². The number of hydrogen-bond acceptors (Lipinski definition) is 2. The Balaban J connectivity index is 1.83. The van der Waals surface area contributed by atoms with Gasteiger partial charge in [0.1, 0.15) is 5.75 Å². The zero-order chi connectivity index (χ0) is 15.0. The highest BCUT2D eigenvalue weighted by atomic mass is 79.9. The second-order valence-electron chi connectivity index (χ2n) is 4.76. The van der Waals surface area contributed by atoms with Gasteiger partial charge in [-0.1, -0.05) is 15.9 Å². The van der Waals surface area contributed by atoms with Crippen LogP contribution in [0.3, 0.4) is 0 Å². The molecule has 0 saturated heterocycles. The molecule has 0 bridgehead atoms. The standard InChI is InChI=1S/C15H11BrF3NO/c16-10-3-8-1-2-21-15(8)9(4-10)7-20-11-5-12(17)14(19)13(18)6-11/h3-6,20H,1-2,7H2. The number of hydrogen-bond donors (Lipinski definition) is 1. The van der Waals surface area contributed by atoms with Gasteiger partial charge in [0, 0.05) is 40.8 Å². The lowest BCUT2D eigenvalue weighted by molar-refractivity contribution is 0.354. The van der Waals surface area contributed by atoms with Crippen LogP contribution in [0.4, 0.5) is 18.9 Å². The van der Waals surface area contributed by atoms with Gasteiger partial charge in [-0.05, 0) is 17.7 Å². The van der Waals surface area contributed by atoms with Crippen LogP contribution in [0.1, 0.15) is 11.1 Å². The third-order valence-corrected chi connectivity index (χ3v) is 3.75. The number of nitrogens with one attached hydrogen (secondary N) is 1. The summed E-state index contributed by atoms with van der Waals surface area (Å²) in [5, 5.41) is 2.88. The molecule has 0 amide bonds. The Morgan fingerprint density at radius 3 is 2.52 bits per heavy atom. The molecule has 1 heterocycles. The molecule has 1 aliphatic rings. The largest absolute Gasteiger partial charge is 0.493 e. The fourth-order valence-electron chi connectivity index (χ4n) is 2.33. The number of halogens is 4. The molecule has 1 N–H and O–H groups in total. The maximum absolute atomic E-state index is 13.2. The zero-order valence-corrected chi connectivity index (χ0v) is 12.4. The minimum Gasteiger partial charge on any atom is -0.493 e. The fraction of sp³-hybridized carbons (Fsp3) is 0.200. The van der Waals surface area contributed by atoms with Crippen LogP contribution in [0.5, 0.6) is 5.75 Å². The summed E-state index contributed by atoms with van der Waals surface area (Å²) in [6.07, 6.45) is 0.835. The summed E-state index contributed by atoms with van der Waals surface area (Å²) in [5.74, 6) is -3.09. The molecule has 0 atom stereocenters. The van der Waals surface area contributed by atoms with Gasteiger partial charge < -0.3 is 10.1 Å². The SMILES string of the molecule is Fc1cc(NCc2cc(Br)cc3c2OCC3)cc(F)c1F.